The number of fused-ring (bicyclic) bond motifs is 1. The molecule has 6 nitrogen and oxygen atoms in total. The molecular weight excluding hydrogens is 316 g/mol. The molecule has 3 rings (SSSR count). The van der Waals surface area contributed by atoms with E-state index in [0.29, 0.717) is 43.3 Å². The molecule has 1 fully saturated rings. The van der Waals surface area contributed by atoms with Crippen LogP contribution in [0.1, 0.15) is 30.0 Å². The van der Waals surface area contributed by atoms with Crippen molar-refractivity contribution in [2.75, 3.05) is 26.2 Å². The molecule has 7 heteroatoms. The number of rotatable bonds is 2. The summed E-state index contributed by atoms with van der Waals surface area (Å²) in [6.07, 6.45) is 2.40. The van der Waals surface area contributed by atoms with Gasteiger partial charge in [0.15, 0.2) is 0 Å². The Morgan fingerprint density at radius 2 is 1.83 bits per heavy atom. The highest BCUT2D eigenvalue weighted by atomic mass is 35.5. The maximum Gasteiger partial charge on any atom is 0.272 e. The molecule has 2 aromatic rings. The Bertz CT molecular complexity index is 763. The lowest BCUT2D eigenvalue weighted by Gasteiger charge is -2.34. The first kappa shape index (κ1) is 15.8. The van der Waals surface area contributed by atoms with Gasteiger partial charge in [0, 0.05) is 39.3 Å². The summed E-state index contributed by atoms with van der Waals surface area (Å²) < 4.78 is 1.76. The molecule has 3 heterocycles. The van der Waals surface area contributed by atoms with E-state index < -0.39 is 0 Å². The SMILES string of the molecule is CCc1nc2ccc(Cl)cn2c1C(=O)N1CCN(C(C)=O)CC1. The maximum absolute atomic E-state index is 13.0. The second kappa shape index (κ2) is 6.20. The summed E-state index contributed by atoms with van der Waals surface area (Å²) in [5.74, 6) is -0.00671. The molecule has 2 amide bonds. The van der Waals surface area contributed by atoms with Crippen molar-refractivity contribution < 1.29 is 9.59 Å². The van der Waals surface area contributed by atoms with Crippen molar-refractivity contribution in [2.45, 2.75) is 20.3 Å². The highest BCUT2D eigenvalue weighted by molar-refractivity contribution is 6.30. The summed E-state index contributed by atoms with van der Waals surface area (Å²) in [5, 5.41) is 0.563. The number of nitrogens with zero attached hydrogens (tertiary/aromatic N) is 4. The third-order valence-electron chi connectivity index (χ3n) is 4.20. The van der Waals surface area contributed by atoms with Gasteiger partial charge in [-0.3, -0.25) is 14.0 Å². The first-order valence-electron chi connectivity index (χ1n) is 7.72. The van der Waals surface area contributed by atoms with Crippen LogP contribution in [-0.4, -0.2) is 57.2 Å². The lowest BCUT2D eigenvalue weighted by atomic mass is 10.2. The Labute approximate surface area is 139 Å². The molecule has 1 aliphatic heterocycles. The van der Waals surface area contributed by atoms with Crippen molar-refractivity contribution in [3.05, 3.63) is 34.7 Å². The van der Waals surface area contributed by atoms with Crippen molar-refractivity contribution in [1.82, 2.24) is 19.2 Å². The molecule has 0 N–H and O–H groups in total. The number of piperazine rings is 1. The molecule has 0 aliphatic carbocycles. The third kappa shape index (κ3) is 2.91. The number of carbonyl (C=O) groups excluding carboxylic acids is 2. The molecule has 0 aromatic carbocycles. The van der Waals surface area contributed by atoms with Crippen LogP contribution < -0.4 is 0 Å². The Balaban J connectivity index is 1.92. The smallest absolute Gasteiger partial charge is 0.272 e. The van der Waals surface area contributed by atoms with E-state index in [2.05, 4.69) is 4.98 Å². The van der Waals surface area contributed by atoms with E-state index in [1.165, 1.54) is 0 Å². The molecule has 122 valence electrons. The van der Waals surface area contributed by atoms with Crippen molar-refractivity contribution >= 4 is 29.1 Å². The van der Waals surface area contributed by atoms with Crippen LogP contribution in [0.25, 0.3) is 5.65 Å². The van der Waals surface area contributed by atoms with Gasteiger partial charge in [-0.05, 0) is 18.6 Å². The lowest BCUT2D eigenvalue weighted by molar-refractivity contribution is -0.130. The predicted molar refractivity (Wildman–Crippen MR) is 87.7 cm³/mol. The quantitative estimate of drug-likeness (QED) is 0.842. The number of hydrogen-bond acceptors (Lipinski definition) is 3. The van der Waals surface area contributed by atoms with Crippen LogP contribution in [0.5, 0.6) is 0 Å². The van der Waals surface area contributed by atoms with E-state index in [0.717, 1.165) is 11.3 Å². The van der Waals surface area contributed by atoms with Crippen LogP contribution in [0.3, 0.4) is 0 Å². The van der Waals surface area contributed by atoms with E-state index in [4.69, 9.17) is 11.6 Å². The Morgan fingerprint density at radius 1 is 1.17 bits per heavy atom. The number of halogens is 1. The van der Waals surface area contributed by atoms with E-state index in [-0.39, 0.29) is 11.8 Å². The number of hydrogen-bond donors (Lipinski definition) is 0. The van der Waals surface area contributed by atoms with Crippen LogP contribution in [0, 0.1) is 0 Å². The first-order chi connectivity index (χ1) is 11.0. The van der Waals surface area contributed by atoms with E-state index in [9.17, 15) is 9.59 Å². The van der Waals surface area contributed by atoms with Crippen LogP contribution in [0.4, 0.5) is 0 Å². The van der Waals surface area contributed by atoms with Gasteiger partial charge in [-0.1, -0.05) is 18.5 Å². The summed E-state index contributed by atoms with van der Waals surface area (Å²) in [5.41, 5.74) is 2.06. The van der Waals surface area contributed by atoms with E-state index in [1.807, 2.05) is 13.0 Å². The predicted octanol–water partition coefficient (Wildman–Crippen LogP) is 1.85. The van der Waals surface area contributed by atoms with Crippen molar-refractivity contribution in [2.24, 2.45) is 0 Å². The van der Waals surface area contributed by atoms with Gasteiger partial charge >= 0.3 is 0 Å². The summed E-state index contributed by atoms with van der Waals surface area (Å²) in [6, 6.07) is 3.58. The maximum atomic E-state index is 13.0. The van der Waals surface area contributed by atoms with Crippen LogP contribution in [0.2, 0.25) is 5.02 Å². The molecule has 0 unspecified atom stereocenters. The molecule has 0 atom stereocenters. The van der Waals surface area contributed by atoms with Gasteiger partial charge in [0.25, 0.3) is 5.91 Å². The second-order valence-corrected chi connectivity index (χ2v) is 6.07. The van der Waals surface area contributed by atoms with Gasteiger partial charge in [-0.15, -0.1) is 0 Å². The normalized spacial score (nSPS) is 15.3. The second-order valence-electron chi connectivity index (χ2n) is 5.63. The Morgan fingerprint density at radius 3 is 2.43 bits per heavy atom. The minimum atomic E-state index is -0.0557. The Kier molecular flexibility index (Phi) is 4.26. The molecule has 2 aromatic heterocycles. The fraction of sp³-hybridized carbons (Fsp3) is 0.438. The minimum absolute atomic E-state index is 0.0490. The largest absolute Gasteiger partial charge is 0.339 e. The molecule has 0 radical (unpaired) electrons. The molecule has 23 heavy (non-hydrogen) atoms. The van der Waals surface area contributed by atoms with Crippen LogP contribution >= 0.6 is 11.6 Å². The average Bonchev–Trinajstić information content (AvgIpc) is 2.91. The van der Waals surface area contributed by atoms with E-state index >= 15 is 0 Å². The zero-order chi connectivity index (χ0) is 16.6. The van der Waals surface area contributed by atoms with E-state index in [1.54, 1.807) is 33.4 Å². The number of pyridine rings is 1. The number of carbonyl (C=O) groups is 2. The fourth-order valence-electron chi connectivity index (χ4n) is 2.91. The molecule has 0 spiro atoms. The third-order valence-corrected chi connectivity index (χ3v) is 4.43. The monoisotopic (exact) mass is 334 g/mol. The zero-order valence-electron chi connectivity index (χ0n) is 13.3. The molecule has 0 saturated carbocycles. The number of aryl methyl sites for hydroxylation is 1. The molecular formula is C16H19ClN4O2. The van der Waals surface area contributed by atoms with Gasteiger partial charge in [0.1, 0.15) is 11.3 Å². The van der Waals surface area contributed by atoms with Crippen molar-refractivity contribution in [3.8, 4) is 0 Å². The van der Waals surface area contributed by atoms with Crippen molar-refractivity contribution in [1.29, 1.82) is 0 Å². The Hall–Kier alpha value is -2.08. The van der Waals surface area contributed by atoms with Gasteiger partial charge in [-0.2, -0.15) is 0 Å². The van der Waals surface area contributed by atoms with Crippen LogP contribution in [-0.2, 0) is 11.2 Å². The van der Waals surface area contributed by atoms with Gasteiger partial charge in [0.2, 0.25) is 5.91 Å². The van der Waals surface area contributed by atoms with Crippen molar-refractivity contribution in [3.63, 3.8) is 0 Å². The average molecular weight is 335 g/mol. The fourth-order valence-corrected chi connectivity index (χ4v) is 3.08. The minimum Gasteiger partial charge on any atom is -0.339 e. The number of imidazole rings is 1. The highest BCUT2D eigenvalue weighted by Crippen LogP contribution is 2.19. The summed E-state index contributed by atoms with van der Waals surface area (Å²) in [6.45, 7) is 5.75. The molecule has 1 aliphatic rings. The summed E-state index contributed by atoms with van der Waals surface area (Å²) in [7, 11) is 0. The van der Waals surface area contributed by atoms with Crippen LogP contribution in [0.15, 0.2) is 18.3 Å². The summed E-state index contributed by atoms with van der Waals surface area (Å²) >= 11 is 6.07. The lowest BCUT2D eigenvalue weighted by Crippen LogP contribution is -2.50. The van der Waals surface area contributed by atoms with Gasteiger partial charge < -0.3 is 9.80 Å². The summed E-state index contributed by atoms with van der Waals surface area (Å²) in [4.78, 5) is 32.4. The topological polar surface area (TPSA) is 57.9 Å². The number of aromatic nitrogens is 2. The zero-order valence-corrected chi connectivity index (χ0v) is 14.0. The number of amides is 2. The first-order valence-corrected chi connectivity index (χ1v) is 8.10. The van der Waals surface area contributed by atoms with Gasteiger partial charge in [-0.25, -0.2) is 4.98 Å². The molecule has 0 bridgehead atoms. The molecule has 1 saturated heterocycles. The van der Waals surface area contributed by atoms with Gasteiger partial charge in [0.05, 0.1) is 10.7 Å². The highest BCUT2D eigenvalue weighted by Gasteiger charge is 2.27. The standard InChI is InChI=1S/C16H19ClN4O2/c1-3-13-15(21-10-12(17)4-5-14(21)18-13)16(23)20-8-6-19(7-9-20)11(2)22/h4-5,10H,3,6-9H2,1-2H3.